The Bertz CT molecular complexity index is 914. The Balaban J connectivity index is 1.34. The van der Waals surface area contributed by atoms with Gasteiger partial charge in [-0.1, -0.05) is 0 Å². The van der Waals surface area contributed by atoms with E-state index in [1.165, 1.54) is 0 Å². The van der Waals surface area contributed by atoms with Crippen molar-refractivity contribution in [3.8, 4) is 10.6 Å². The molecule has 1 saturated heterocycles. The normalized spacial score (nSPS) is 19.6. The van der Waals surface area contributed by atoms with Crippen molar-refractivity contribution < 1.29 is 9.53 Å². The highest BCUT2D eigenvalue weighted by atomic mass is 32.1. The molecule has 0 saturated carbocycles. The first-order chi connectivity index (χ1) is 13.6. The van der Waals surface area contributed by atoms with Crippen molar-refractivity contribution in [1.29, 1.82) is 0 Å². The van der Waals surface area contributed by atoms with Crippen molar-refractivity contribution in [2.45, 2.75) is 32.5 Å². The number of morpholine rings is 1. The lowest BCUT2D eigenvalue weighted by Gasteiger charge is -2.36. The van der Waals surface area contributed by atoms with Crippen LogP contribution in [-0.2, 0) is 16.0 Å². The smallest absolute Gasteiger partial charge is 0.230 e. The maximum Gasteiger partial charge on any atom is 0.230 e. The molecule has 2 atom stereocenters. The van der Waals surface area contributed by atoms with Gasteiger partial charge in [-0.3, -0.25) is 4.79 Å². The quantitative estimate of drug-likeness (QED) is 0.682. The SMILES string of the molecule is CC1CN(c2ccc(NC(=O)Cc3csc(-c4ccsc4)n3)cn2)CC(C)O1. The lowest BCUT2D eigenvalue weighted by molar-refractivity contribution is -0.115. The molecule has 146 valence electrons. The third kappa shape index (κ3) is 4.57. The summed E-state index contributed by atoms with van der Waals surface area (Å²) in [5.41, 5.74) is 2.58. The molecule has 6 nitrogen and oxygen atoms in total. The van der Waals surface area contributed by atoms with Crippen LogP contribution in [-0.4, -0.2) is 41.2 Å². The Morgan fingerprint density at radius 2 is 2.07 bits per heavy atom. The van der Waals surface area contributed by atoms with Crippen molar-refractivity contribution in [3.05, 3.63) is 46.2 Å². The average Bonchev–Trinajstić information content (AvgIpc) is 3.33. The maximum atomic E-state index is 12.4. The van der Waals surface area contributed by atoms with E-state index in [1.54, 1.807) is 28.9 Å². The van der Waals surface area contributed by atoms with E-state index in [1.807, 2.05) is 29.0 Å². The molecule has 8 heteroatoms. The molecule has 3 aromatic heterocycles. The molecule has 1 aliphatic heterocycles. The minimum atomic E-state index is -0.0923. The molecule has 1 fully saturated rings. The van der Waals surface area contributed by atoms with E-state index >= 15 is 0 Å². The first-order valence-corrected chi connectivity index (χ1v) is 11.0. The van der Waals surface area contributed by atoms with Gasteiger partial charge in [0.25, 0.3) is 0 Å². The van der Waals surface area contributed by atoms with E-state index in [2.05, 4.69) is 39.4 Å². The molecule has 0 aromatic carbocycles. The van der Waals surface area contributed by atoms with Crippen LogP contribution in [0.4, 0.5) is 11.5 Å². The monoisotopic (exact) mass is 414 g/mol. The van der Waals surface area contributed by atoms with Gasteiger partial charge >= 0.3 is 0 Å². The second kappa shape index (κ2) is 8.38. The molecule has 0 radical (unpaired) electrons. The molecule has 4 heterocycles. The molecule has 4 rings (SSSR count). The molecule has 3 aromatic rings. The van der Waals surface area contributed by atoms with Crippen molar-refractivity contribution in [3.63, 3.8) is 0 Å². The van der Waals surface area contributed by atoms with Gasteiger partial charge in [-0.2, -0.15) is 11.3 Å². The highest BCUT2D eigenvalue weighted by Gasteiger charge is 2.23. The number of amides is 1. The minimum Gasteiger partial charge on any atom is -0.372 e. The molecule has 1 amide bonds. The van der Waals surface area contributed by atoms with Crippen LogP contribution in [0.2, 0.25) is 0 Å². The lowest BCUT2D eigenvalue weighted by Crippen LogP contribution is -2.45. The number of anilines is 2. The first kappa shape index (κ1) is 19.0. The largest absolute Gasteiger partial charge is 0.372 e. The third-order valence-electron chi connectivity index (χ3n) is 4.44. The Morgan fingerprint density at radius 3 is 2.75 bits per heavy atom. The van der Waals surface area contributed by atoms with Crippen LogP contribution in [0.1, 0.15) is 19.5 Å². The molecule has 0 bridgehead atoms. The lowest BCUT2D eigenvalue weighted by atomic mass is 10.2. The molecular formula is C20H22N4O2S2. The summed E-state index contributed by atoms with van der Waals surface area (Å²) in [6.45, 7) is 5.78. The van der Waals surface area contributed by atoms with Gasteiger partial charge in [0.05, 0.1) is 36.2 Å². The number of hydrogen-bond donors (Lipinski definition) is 1. The first-order valence-electron chi connectivity index (χ1n) is 9.20. The molecule has 0 spiro atoms. The van der Waals surface area contributed by atoms with Crippen molar-refractivity contribution in [1.82, 2.24) is 9.97 Å². The molecule has 1 aliphatic rings. The number of carbonyl (C=O) groups excluding carboxylic acids is 1. The highest BCUT2D eigenvalue weighted by Crippen LogP contribution is 2.26. The fourth-order valence-electron chi connectivity index (χ4n) is 3.29. The van der Waals surface area contributed by atoms with Crippen LogP contribution in [0.25, 0.3) is 10.6 Å². The zero-order valence-electron chi connectivity index (χ0n) is 15.8. The Kier molecular flexibility index (Phi) is 5.70. The van der Waals surface area contributed by atoms with Crippen LogP contribution < -0.4 is 10.2 Å². The number of pyridine rings is 1. The summed E-state index contributed by atoms with van der Waals surface area (Å²) in [6.07, 6.45) is 2.32. The van der Waals surface area contributed by atoms with Gasteiger partial charge in [-0.15, -0.1) is 11.3 Å². The summed E-state index contributed by atoms with van der Waals surface area (Å²) in [4.78, 5) is 23.6. The summed E-state index contributed by atoms with van der Waals surface area (Å²) < 4.78 is 5.77. The van der Waals surface area contributed by atoms with Crippen molar-refractivity contribution in [2.75, 3.05) is 23.3 Å². The van der Waals surface area contributed by atoms with Gasteiger partial charge in [0.2, 0.25) is 5.91 Å². The van der Waals surface area contributed by atoms with Gasteiger partial charge in [-0.25, -0.2) is 9.97 Å². The van der Waals surface area contributed by atoms with Crippen LogP contribution in [0, 0.1) is 0 Å². The number of rotatable bonds is 5. The second-order valence-electron chi connectivity index (χ2n) is 6.95. The van der Waals surface area contributed by atoms with Crippen LogP contribution in [0.3, 0.4) is 0 Å². The van der Waals surface area contributed by atoms with E-state index in [0.29, 0.717) is 5.69 Å². The Morgan fingerprint density at radius 1 is 1.25 bits per heavy atom. The Hall–Kier alpha value is -2.29. The topological polar surface area (TPSA) is 67.4 Å². The number of thiazole rings is 1. The standard InChI is InChI=1S/C20H22N4O2S2/c1-13-9-24(10-14(2)26-13)18-4-3-16(8-21-18)22-19(25)7-17-12-28-20(23-17)15-5-6-27-11-15/h3-6,8,11-14H,7,9-10H2,1-2H3,(H,22,25). The molecule has 28 heavy (non-hydrogen) atoms. The van der Waals surface area contributed by atoms with Crippen LogP contribution in [0.15, 0.2) is 40.5 Å². The predicted octanol–water partition coefficient (Wildman–Crippen LogP) is 4.06. The average molecular weight is 415 g/mol. The molecule has 1 N–H and O–H groups in total. The van der Waals surface area contributed by atoms with Crippen LogP contribution in [0.5, 0.6) is 0 Å². The fraction of sp³-hybridized carbons (Fsp3) is 0.350. The van der Waals surface area contributed by atoms with Gasteiger partial charge < -0.3 is 15.0 Å². The van der Waals surface area contributed by atoms with E-state index in [0.717, 1.165) is 35.2 Å². The van der Waals surface area contributed by atoms with Crippen molar-refractivity contribution >= 4 is 40.1 Å². The number of carbonyl (C=O) groups is 1. The zero-order chi connectivity index (χ0) is 19.5. The van der Waals surface area contributed by atoms with Crippen molar-refractivity contribution in [2.24, 2.45) is 0 Å². The van der Waals surface area contributed by atoms with Gasteiger partial charge in [0, 0.05) is 29.4 Å². The predicted molar refractivity (Wildman–Crippen MR) is 114 cm³/mol. The van der Waals surface area contributed by atoms with E-state index in [-0.39, 0.29) is 24.5 Å². The maximum absolute atomic E-state index is 12.4. The molecular weight excluding hydrogens is 392 g/mol. The second-order valence-corrected chi connectivity index (χ2v) is 8.59. The fourth-order valence-corrected chi connectivity index (χ4v) is 4.82. The van der Waals surface area contributed by atoms with Crippen LogP contribution >= 0.6 is 22.7 Å². The van der Waals surface area contributed by atoms with Gasteiger partial charge in [-0.05, 0) is 37.4 Å². The van der Waals surface area contributed by atoms with Gasteiger partial charge in [0.15, 0.2) is 0 Å². The molecule has 0 aliphatic carbocycles. The highest BCUT2D eigenvalue weighted by molar-refractivity contribution is 7.14. The minimum absolute atomic E-state index is 0.0923. The number of hydrogen-bond acceptors (Lipinski definition) is 7. The van der Waals surface area contributed by atoms with E-state index in [4.69, 9.17) is 4.74 Å². The number of thiophene rings is 1. The summed E-state index contributed by atoms with van der Waals surface area (Å²) in [5.74, 6) is 0.810. The number of aromatic nitrogens is 2. The van der Waals surface area contributed by atoms with Gasteiger partial charge in [0.1, 0.15) is 10.8 Å². The number of ether oxygens (including phenoxy) is 1. The third-order valence-corrected chi connectivity index (χ3v) is 6.06. The number of nitrogens with one attached hydrogen (secondary N) is 1. The molecule has 2 unspecified atom stereocenters. The summed E-state index contributed by atoms with van der Waals surface area (Å²) in [6, 6.07) is 5.87. The summed E-state index contributed by atoms with van der Waals surface area (Å²) >= 11 is 3.20. The Labute approximate surface area is 172 Å². The zero-order valence-corrected chi connectivity index (χ0v) is 17.4. The summed E-state index contributed by atoms with van der Waals surface area (Å²) in [5, 5.41) is 9.88. The van der Waals surface area contributed by atoms with E-state index in [9.17, 15) is 4.79 Å². The summed E-state index contributed by atoms with van der Waals surface area (Å²) in [7, 11) is 0. The van der Waals surface area contributed by atoms with E-state index < -0.39 is 0 Å². The number of nitrogens with zero attached hydrogens (tertiary/aromatic N) is 3.